The Balaban J connectivity index is 1.76. The summed E-state index contributed by atoms with van der Waals surface area (Å²) >= 11 is 0. The van der Waals surface area contributed by atoms with Gasteiger partial charge in [0.15, 0.2) is 0 Å². The molecule has 0 spiro atoms. The van der Waals surface area contributed by atoms with Crippen molar-refractivity contribution in [2.75, 3.05) is 9.80 Å². The first-order valence-corrected chi connectivity index (χ1v) is 9.72. The van der Waals surface area contributed by atoms with Gasteiger partial charge in [-0.1, -0.05) is 12.8 Å². The highest BCUT2D eigenvalue weighted by Gasteiger charge is 2.48. The van der Waals surface area contributed by atoms with Crippen molar-refractivity contribution in [2.45, 2.75) is 43.9 Å². The number of nitrogens with two attached hydrogens (primary N) is 1. The number of benzene rings is 1. The van der Waals surface area contributed by atoms with Gasteiger partial charge in [-0.15, -0.1) is 0 Å². The van der Waals surface area contributed by atoms with Crippen molar-refractivity contribution >= 4 is 23.3 Å². The summed E-state index contributed by atoms with van der Waals surface area (Å²) in [7, 11) is 0. The number of carbonyl (C=O) groups excluding carboxylic acids is 2. The molecule has 160 valence electrons. The molecule has 1 aliphatic heterocycles. The summed E-state index contributed by atoms with van der Waals surface area (Å²) < 4.78 is 40.4. The van der Waals surface area contributed by atoms with E-state index in [4.69, 9.17) is 11.0 Å². The van der Waals surface area contributed by atoms with E-state index in [0.717, 1.165) is 25.0 Å². The van der Waals surface area contributed by atoms with E-state index in [2.05, 4.69) is 4.98 Å². The normalized spacial score (nSPS) is 21.0. The predicted molar refractivity (Wildman–Crippen MR) is 105 cm³/mol. The maximum Gasteiger partial charge on any atom is 0.417 e. The summed E-state index contributed by atoms with van der Waals surface area (Å²) in [6.07, 6.45) is -0.294. The van der Waals surface area contributed by atoms with Gasteiger partial charge in [0.05, 0.1) is 41.2 Å². The van der Waals surface area contributed by atoms with Crippen LogP contribution < -0.4 is 15.5 Å². The van der Waals surface area contributed by atoms with E-state index < -0.39 is 29.2 Å². The number of amides is 3. The standard InChI is InChI=1S/C21H18F3N5O2/c22-21(23,24)15-9-13(6-5-12(15)10-25)28-17-3-1-2-4-18(17)29(20(28)31)14-7-8-16(19(26)30)27-11-14/h5-9,11,17-18H,1-4H2,(H2,26,30)/t17-,18-/m0/s1. The highest BCUT2D eigenvalue weighted by molar-refractivity contribution is 6.07. The van der Waals surface area contributed by atoms with Gasteiger partial charge in [0, 0.05) is 5.69 Å². The minimum absolute atomic E-state index is 0.0503. The molecule has 0 bridgehead atoms. The lowest BCUT2D eigenvalue weighted by Crippen LogP contribution is -2.40. The van der Waals surface area contributed by atoms with E-state index >= 15 is 0 Å². The van der Waals surface area contributed by atoms with Crippen molar-refractivity contribution in [1.82, 2.24) is 4.98 Å². The molecule has 2 aromatic rings. The maximum atomic E-state index is 13.5. The third-order valence-corrected chi connectivity index (χ3v) is 5.76. The molecule has 2 heterocycles. The van der Waals surface area contributed by atoms with Gasteiger partial charge in [0.2, 0.25) is 0 Å². The van der Waals surface area contributed by atoms with Crippen LogP contribution in [0, 0.1) is 11.3 Å². The van der Waals surface area contributed by atoms with Crippen LogP contribution in [0.15, 0.2) is 36.5 Å². The number of rotatable bonds is 3. The Morgan fingerprint density at radius 1 is 1.10 bits per heavy atom. The van der Waals surface area contributed by atoms with Gasteiger partial charge in [0.1, 0.15) is 5.69 Å². The molecule has 4 rings (SSSR count). The van der Waals surface area contributed by atoms with Crippen LogP contribution >= 0.6 is 0 Å². The van der Waals surface area contributed by atoms with Crippen molar-refractivity contribution in [1.29, 1.82) is 5.26 Å². The van der Waals surface area contributed by atoms with E-state index in [0.29, 0.717) is 18.5 Å². The van der Waals surface area contributed by atoms with Gasteiger partial charge in [0.25, 0.3) is 5.91 Å². The zero-order valence-electron chi connectivity index (χ0n) is 16.3. The molecular weight excluding hydrogens is 411 g/mol. The summed E-state index contributed by atoms with van der Waals surface area (Å²) in [5, 5.41) is 9.05. The fraction of sp³-hybridized carbons (Fsp3) is 0.333. The third-order valence-electron chi connectivity index (χ3n) is 5.76. The number of carbonyl (C=O) groups is 2. The molecule has 1 saturated heterocycles. The van der Waals surface area contributed by atoms with Crippen LogP contribution in [0.1, 0.15) is 47.3 Å². The third kappa shape index (κ3) is 3.56. The zero-order valence-corrected chi connectivity index (χ0v) is 16.3. The molecule has 2 fully saturated rings. The maximum absolute atomic E-state index is 13.5. The Morgan fingerprint density at radius 2 is 1.71 bits per heavy atom. The van der Waals surface area contributed by atoms with E-state index in [1.807, 2.05) is 0 Å². The first kappa shape index (κ1) is 20.7. The number of halogens is 3. The van der Waals surface area contributed by atoms with Crippen LogP contribution in [0.4, 0.5) is 29.3 Å². The lowest BCUT2D eigenvalue weighted by atomic mass is 9.89. The summed E-state index contributed by atoms with van der Waals surface area (Å²) in [5.74, 6) is -0.700. The van der Waals surface area contributed by atoms with E-state index in [-0.39, 0.29) is 23.5 Å². The highest BCUT2D eigenvalue weighted by Crippen LogP contribution is 2.41. The largest absolute Gasteiger partial charge is 0.417 e. The van der Waals surface area contributed by atoms with E-state index in [1.54, 1.807) is 12.1 Å². The number of anilines is 2. The number of hydrogen-bond acceptors (Lipinski definition) is 4. The Bertz CT molecular complexity index is 1080. The minimum atomic E-state index is -4.72. The van der Waals surface area contributed by atoms with Crippen LogP contribution in [0.5, 0.6) is 0 Å². The molecule has 1 aliphatic carbocycles. The van der Waals surface area contributed by atoms with Gasteiger partial charge in [-0.2, -0.15) is 18.4 Å². The molecule has 0 unspecified atom stereocenters. The topological polar surface area (TPSA) is 103 Å². The molecule has 1 saturated carbocycles. The smallest absolute Gasteiger partial charge is 0.364 e. The summed E-state index contributed by atoms with van der Waals surface area (Å²) in [6.45, 7) is 0. The molecule has 7 nitrogen and oxygen atoms in total. The molecule has 2 atom stereocenters. The van der Waals surface area contributed by atoms with Crippen LogP contribution in [0.25, 0.3) is 0 Å². The van der Waals surface area contributed by atoms with Crippen molar-refractivity contribution in [3.8, 4) is 6.07 Å². The quantitative estimate of drug-likeness (QED) is 0.801. The molecule has 0 radical (unpaired) electrons. The summed E-state index contributed by atoms with van der Waals surface area (Å²) in [6, 6.07) is 6.82. The second-order valence-electron chi connectivity index (χ2n) is 7.55. The average Bonchev–Trinajstić information content (AvgIpc) is 3.04. The Kier molecular flexibility index (Phi) is 5.05. The molecule has 31 heavy (non-hydrogen) atoms. The summed E-state index contributed by atoms with van der Waals surface area (Å²) in [5.41, 5.74) is 4.24. The Labute approximate surface area is 175 Å². The molecular formula is C21H18F3N5O2. The van der Waals surface area contributed by atoms with Crippen molar-refractivity contribution < 1.29 is 22.8 Å². The van der Waals surface area contributed by atoms with Gasteiger partial charge in [-0.05, 0) is 43.2 Å². The lowest BCUT2D eigenvalue weighted by molar-refractivity contribution is -0.137. The Morgan fingerprint density at radius 3 is 2.23 bits per heavy atom. The lowest BCUT2D eigenvalue weighted by Gasteiger charge is -2.31. The fourth-order valence-corrected chi connectivity index (χ4v) is 4.39. The average molecular weight is 429 g/mol. The first-order valence-electron chi connectivity index (χ1n) is 9.72. The van der Waals surface area contributed by atoms with Gasteiger partial charge in [-0.25, -0.2) is 9.78 Å². The van der Waals surface area contributed by atoms with Gasteiger partial charge < -0.3 is 5.73 Å². The van der Waals surface area contributed by atoms with Crippen LogP contribution in [-0.2, 0) is 6.18 Å². The first-order chi connectivity index (χ1) is 14.7. The van der Waals surface area contributed by atoms with Crippen LogP contribution in [0.3, 0.4) is 0 Å². The second kappa shape index (κ2) is 7.58. The van der Waals surface area contributed by atoms with Crippen molar-refractivity contribution in [2.24, 2.45) is 5.73 Å². The predicted octanol–water partition coefficient (Wildman–Crippen LogP) is 3.83. The number of aromatic nitrogens is 1. The van der Waals surface area contributed by atoms with E-state index in [9.17, 15) is 22.8 Å². The summed E-state index contributed by atoms with van der Waals surface area (Å²) in [4.78, 5) is 31.6. The van der Waals surface area contributed by atoms with Crippen LogP contribution in [0.2, 0.25) is 0 Å². The number of hydrogen-bond donors (Lipinski definition) is 1. The minimum Gasteiger partial charge on any atom is -0.364 e. The molecule has 2 N–H and O–H groups in total. The number of fused-ring (bicyclic) bond motifs is 1. The number of urea groups is 1. The van der Waals surface area contributed by atoms with E-state index in [1.165, 1.54) is 28.1 Å². The number of nitriles is 1. The number of alkyl halides is 3. The van der Waals surface area contributed by atoms with Crippen LogP contribution in [-0.4, -0.2) is 29.0 Å². The Hall–Kier alpha value is -3.61. The van der Waals surface area contributed by atoms with Gasteiger partial charge >= 0.3 is 12.2 Å². The van der Waals surface area contributed by atoms with Crippen molar-refractivity contribution in [3.05, 3.63) is 53.3 Å². The zero-order chi connectivity index (χ0) is 22.3. The van der Waals surface area contributed by atoms with Gasteiger partial charge in [-0.3, -0.25) is 14.6 Å². The second-order valence-corrected chi connectivity index (χ2v) is 7.55. The fourth-order valence-electron chi connectivity index (χ4n) is 4.39. The molecule has 2 aliphatic rings. The molecule has 3 amide bonds. The number of primary amides is 1. The molecule has 1 aromatic carbocycles. The molecule has 10 heteroatoms. The highest BCUT2D eigenvalue weighted by atomic mass is 19.4. The SMILES string of the molecule is N#Cc1ccc(N2C(=O)N(c3ccc(C(N)=O)nc3)[C@H]3CCCC[C@@H]32)cc1C(F)(F)F. The monoisotopic (exact) mass is 429 g/mol. The van der Waals surface area contributed by atoms with Crippen molar-refractivity contribution in [3.63, 3.8) is 0 Å². The number of nitrogens with zero attached hydrogens (tertiary/aromatic N) is 4. The number of pyridine rings is 1. The molecule has 1 aromatic heterocycles.